The van der Waals surface area contributed by atoms with Gasteiger partial charge in [-0.15, -0.1) is 11.3 Å². The first-order valence-electron chi connectivity index (χ1n) is 7.50. The maximum absolute atomic E-state index is 11.5. The van der Waals surface area contributed by atoms with Gasteiger partial charge in [-0.05, 0) is 17.9 Å². The van der Waals surface area contributed by atoms with Crippen molar-refractivity contribution < 1.29 is 9.65 Å². The van der Waals surface area contributed by atoms with Crippen molar-refractivity contribution in [2.45, 2.75) is 6.42 Å². The molecule has 2 aromatic rings. The Morgan fingerprint density at radius 3 is 2.70 bits per heavy atom. The highest BCUT2D eigenvalue weighted by atomic mass is 32.1. The molecule has 7 nitrogen and oxygen atoms in total. The van der Waals surface area contributed by atoms with E-state index in [9.17, 15) is 15.3 Å². The molecule has 0 aromatic carbocycles. The summed E-state index contributed by atoms with van der Waals surface area (Å²) in [6.07, 6.45) is 3.49. The van der Waals surface area contributed by atoms with Gasteiger partial charge in [0, 0.05) is 37.6 Å². The molecule has 0 N–H and O–H groups in total. The van der Waals surface area contributed by atoms with Crippen LogP contribution in [0.25, 0.3) is 0 Å². The van der Waals surface area contributed by atoms with Gasteiger partial charge in [0.1, 0.15) is 0 Å². The summed E-state index contributed by atoms with van der Waals surface area (Å²) < 4.78 is 0.617. The van der Waals surface area contributed by atoms with Crippen molar-refractivity contribution in [1.82, 2.24) is 4.90 Å². The van der Waals surface area contributed by atoms with Gasteiger partial charge in [0.05, 0.1) is 11.0 Å². The fourth-order valence-corrected chi connectivity index (χ4v) is 3.49. The number of aromatic nitrogens is 1. The summed E-state index contributed by atoms with van der Waals surface area (Å²) in [4.78, 5) is 16.4. The van der Waals surface area contributed by atoms with E-state index in [0.29, 0.717) is 23.5 Å². The molecule has 0 bridgehead atoms. The van der Waals surface area contributed by atoms with Gasteiger partial charge in [0.15, 0.2) is 11.9 Å². The summed E-state index contributed by atoms with van der Waals surface area (Å²) in [5.41, 5.74) is 0.398. The van der Waals surface area contributed by atoms with Crippen molar-refractivity contribution in [3.05, 3.63) is 56.2 Å². The van der Waals surface area contributed by atoms with Crippen LogP contribution in [-0.2, 0) is 6.42 Å². The second-order valence-corrected chi connectivity index (χ2v) is 6.52. The third-order valence-electron chi connectivity index (χ3n) is 4.06. The Morgan fingerprint density at radius 1 is 1.26 bits per heavy atom. The molecule has 8 heteroatoms. The lowest BCUT2D eigenvalue weighted by atomic mass is 10.2. The second-order valence-electron chi connectivity index (χ2n) is 5.49. The molecule has 23 heavy (non-hydrogen) atoms. The number of rotatable bonds is 5. The molecule has 0 spiro atoms. The molecule has 0 amide bonds. The van der Waals surface area contributed by atoms with E-state index in [1.54, 1.807) is 11.3 Å². The van der Waals surface area contributed by atoms with E-state index in [4.69, 9.17) is 0 Å². The normalized spacial score (nSPS) is 15.7. The highest BCUT2D eigenvalue weighted by Gasteiger charge is 2.26. The van der Waals surface area contributed by atoms with Crippen LogP contribution in [0.2, 0.25) is 0 Å². The van der Waals surface area contributed by atoms with Gasteiger partial charge in [-0.3, -0.25) is 15.0 Å². The van der Waals surface area contributed by atoms with Crippen LogP contribution < -0.4 is 9.63 Å². The van der Waals surface area contributed by atoms with E-state index in [1.165, 1.54) is 23.3 Å². The Morgan fingerprint density at radius 2 is 2.04 bits per heavy atom. The van der Waals surface area contributed by atoms with Gasteiger partial charge >= 0.3 is 5.69 Å². The zero-order valence-electron chi connectivity index (χ0n) is 12.6. The smallest absolute Gasteiger partial charge is 0.304 e. The average molecular weight is 334 g/mol. The summed E-state index contributed by atoms with van der Waals surface area (Å²) in [7, 11) is 0. The second kappa shape index (κ2) is 6.93. The Balaban J connectivity index is 1.60. The van der Waals surface area contributed by atoms with Crippen LogP contribution >= 0.6 is 11.3 Å². The van der Waals surface area contributed by atoms with Crippen LogP contribution in [0, 0.1) is 15.3 Å². The Labute approximate surface area is 138 Å². The topological polar surface area (TPSA) is 76.6 Å². The van der Waals surface area contributed by atoms with E-state index in [2.05, 4.69) is 22.4 Å². The van der Waals surface area contributed by atoms with Crippen molar-refractivity contribution in [1.29, 1.82) is 0 Å². The predicted molar refractivity (Wildman–Crippen MR) is 88.7 cm³/mol. The monoisotopic (exact) mass is 334 g/mol. The summed E-state index contributed by atoms with van der Waals surface area (Å²) in [6.45, 7) is 4.06. The minimum Gasteiger partial charge on any atom is -0.619 e. The molecule has 3 rings (SSSR count). The van der Waals surface area contributed by atoms with E-state index < -0.39 is 4.92 Å². The molecule has 0 radical (unpaired) electrons. The summed E-state index contributed by atoms with van der Waals surface area (Å²) in [5, 5.41) is 24.7. The van der Waals surface area contributed by atoms with Crippen LogP contribution in [0.4, 0.5) is 11.4 Å². The van der Waals surface area contributed by atoms with E-state index in [1.807, 2.05) is 4.90 Å². The molecule has 1 aliphatic heterocycles. The fraction of sp³-hybridized carbons (Fsp3) is 0.400. The number of hydrogen-bond donors (Lipinski definition) is 0. The number of piperazine rings is 1. The molecule has 2 aromatic heterocycles. The number of anilines is 1. The first-order valence-corrected chi connectivity index (χ1v) is 8.38. The van der Waals surface area contributed by atoms with E-state index in [-0.39, 0.29) is 5.69 Å². The van der Waals surface area contributed by atoms with Crippen molar-refractivity contribution in [3.63, 3.8) is 0 Å². The third-order valence-corrected chi connectivity index (χ3v) is 4.99. The molecule has 1 aliphatic rings. The Kier molecular flexibility index (Phi) is 4.73. The first kappa shape index (κ1) is 15.7. The Bertz CT molecular complexity index is 669. The molecule has 1 saturated heterocycles. The molecule has 0 atom stereocenters. The highest BCUT2D eigenvalue weighted by Crippen LogP contribution is 2.26. The van der Waals surface area contributed by atoms with Crippen LogP contribution in [0.5, 0.6) is 0 Å². The molecule has 1 fully saturated rings. The van der Waals surface area contributed by atoms with Gasteiger partial charge in [-0.25, -0.2) is 0 Å². The standard InChI is InChI=1S/C15H18N4O3S/c20-18-6-4-14(19(21)22)15(12-18)17-9-7-16(8-10-17)5-3-13-2-1-11-23-13/h1-2,4,6,11-12H,3,5,7-10H2. The number of hydrogen-bond acceptors (Lipinski definition) is 6. The van der Waals surface area contributed by atoms with Crippen LogP contribution in [0.15, 0.2) is 36.0 Å². The minimum absolute atomic E-state index is 0.0101. The highest BCUT2D eigenvalue weighted by molar-refractivity contribution is 7.09. The number of nitro groups is 1. The van der Waals surface area contributed by atoms with Crippen LogP contribution in [0.3, 0.4) is 0 Å². The van der Waals surface area contributed by atoms with Crippen molar-refractivity contribution in [3.8, 4) is 0 Å². The lowest BCUT2D eigenvalue weighted by Crippen LogP contribution is -2.47. The Hall–Kier alpha value is -2.19. The van der Waals surface area contributed by atoms with Crippen LogP contribution in [0.1, 0.15) is 4.88 Å². The molecular formula is C15H18N4O3S. The SMILES string of the molecule is O=[N+]([O-])c1cc[n+]([O-])cc1N1CCN(CCc2cccs2)CC1. The van der Waals surface area contributed by atoms with Gasteiger partial charge < -0.3 is 10.1 Å². The maximum atomic E-state index is 11.5. The summed E-state index contributed by atoms with van der Waals surface area (Å²) >= 11 is 1.77. The average Bonchev–Trinajstić information content (AvgIpc) is 3.06. The maximum Gasteiger partial charge on any atom is 0.304 e. The molecule has 0 saturated carbocycles. The fourth-order valence-electron chi connectivity index (χ4n) is 2.79. The van der Waals surface area contributed by atoms with Crippen LogP contribution in [-0.4, -0.2) is 42.5 Å². The van der Waals surface area contributed by atoms with Crippen molar-refractivity contribution >= 4 is 22.7 Å². The van der Waals surface area contributed by atoms with E-state index in [0.717, 1.165) is 26.1 Å². The zero-order chi connectivity index (χ0) is 16.2. The lowest BCUT2D eigenvalue weighted by molar-refractivity contribution is -0.605. The molecular weight excluding hydrogens is 316 g/mol. The number of nitrogens with zero attached hydrogens (tertiary/aromatic N) is 4. The summed E-state index contributed by atoms with van der Waals surface area (Å²) in [5.74, 6) is 0. The number of pyridine rings is 1. The van der Waals surface area contributed by atoms with Gasteiger partial charge in [-0.1, -0.05) is 6.07 Å². The summed E-state index contributed by atoms with van der Waals surface area (Å²) in [6, 6.07) is 5.47. The molecule has 122 valence electrons. The third kappa shape index (κ3) is 3.77. The van der Waals surface area contributed by atoms with Crippen molar-refractivity contribution in [2.75, 3.05) is 37.6 Å². The first-order chi connectivity index (χ1) is 11.1. The van der Waals surface area contributed by atoms with Gasteiger partial charge in [-0.2, -0.15) is 4.73 Å². The van der Waals surface area contributed by atoms with E-state index >= 15 is 0 Å². The minimum atomic E-state index is -0.432. The lowest BCUT2D eigenvalue weighted by Gasteiger charge is -2.35. The largest absolute Gasteiger partial charge is 0.619 e. The number of thiophene rings is 1. The zero-order valence-corrected chi connectivity index (χ0v) is 13.4. The van der Waals surface area contributed by atoms with Gasteiger partial charge in [0.2, 0.25) is 6.20 Å². The molecule has 0 unspecified atom stereocenters. The molecule has 3 heterocycles. The molecule has 0 aliphatic carbocycles. The van der Waals surface area contributed by atoms with Gasteiger partial charge in [0.25, 0.3) is 0 Å². The quantitative estimate of drug-likeness (QED) is 0.360. The van der Waals surface area contributed by atoms with Crippen molar-refractivity contribution in [2.24, 2.45) is 0 Å². The predicted octanol–water partition coefficient (Wildman–Crippen LogP) is 1.65.